The predicted octanol–water partition coefficient (Wildman–Crippen LogP) is 15.7. The van der Waals surface area contributed by atoms with Crippen molar-refractivity contribution in [1.29, 1.82) is 0 Å². The molecule has 2 heteroatoms. The first-order valence-electron chi connectivity index (χ1n) is 20.3. The van der Waals surface area contributed by atoms with E-state index in [1.807, 2.05) is 0 Å². The lowest BCUT2D eigenvalue weighted by Crippen LogP contribution is -2.20. The topological polar surface area (TPSA) is 12.5 Å². The van der Waals surface area contributed by atoms with Crippen LogP contribution in [-0.4, -0.2) is 0 Å². The van der Waals surface area contributed by atoms with Crippen LogP contribution in [0.3, 0.4) is 0 Å². The van der Waals surface area contributed by atoms with Gasteiger partial charge < -0.3 is 9.64 Å². The average Bonchev–Trinajstić information content (AvgIpc) is 3.31. The Morgan fingerprint density at radius 1 is 0.517 bits per heavy atom. The molecule has 1 aliphatic rings. The summed E-state index contributed by atoms with van der Waals surface area (Å²) in [5.41, 5.74) is 12.7. The molecule has 9 rings (SSSR count). The van der Waals surface area contributed by atoms with Crippen molar-refractivity contribution in [2.75, 3.05) is 4.90 Å². The van der Waals surface area contributed by atoms with Crippen LogP contribution in [0.25, 0.3) is 44.2 Å². The van der Waals surface area contributed by atoms with Crippen LogP contribution in [0.15, 0.2) is 218 Å². The molecule has 1 aliphatic carbocycles. The molecule has 8 aromatic rings. The zero-order valence-electron chi connectivity index (χ0n) is 33.3. The van der Waals surface area contributed by atoms with Crippen molar-refractivity contribution in [3.05, 3.63) is 229 Å². The third-order valence-electron chi connectivity index (χ3n) is 11.4. The van der Waals surface area contributed by atoms with Crippen LogP contribution < -0.4 is 9.64 Å². The number of fused-ring (bicyclic) bond motifs is 3. The van der Waals surface area contributed by atoms with Crippen LogP contribution in [0.4, 0.5) is 11.4 Å². The number of anilines is 2. The maximum absolute atomic E-state index is 7.07. The minimum Gasteiger partial charge on any atom is -0.457 e. The fourth-order valence-corrected chi connectivity index (χ4v) is 8.56. The van der Waals surface area contributed by atoms with Crippen molar-refractivity contribution < 1.29 is 4.74 Å². The summed E-state index contributed by atoms with van der Waals surface area (Å²) in [7, 11) is 0. The molecule has 0 aromatic heterocycles. The van der Waals surface area contributed by atoms with Gasteiger partial charge in [-0.15, -0.1) is 0 Å². The lowest BCUT2D eigenvalue weighted by atomic mass is 9.74. The number of rotatable bonds is 8. The van der Waals surface area contributed by atoms with Crippen LogP contribution in [0.2, 0.25) is 0 Å². The van der Waals surface area contributed by atoms with Gasteiger partial charge in [0.05, 0.1) is 0 Å². The van der Waals surface area contributed by atoms with E-state index < -0.39 is 0 Å². The quantitative estimate of drug-likeness (QED) is 0.153. The highest BCUT2D eigenvalue weighted by Crippen LogP contribution is 2.47. The molecule has 0 spiro atoms. The molecule has 0 radical (unpaired) electrons. The normalized spacial score (nSPS) is 16.2. The maximum atomic E-state index is 7.07. The molecule has 0 heterocycles. The van der Waals surface area contributed by atoms with Crippen molar-refractivity contribution >= 4 is 22.1 Å². The van der Waals surface area contributed by atoms with E-state index in [9.17, 15) is 0 Å². The summed E-state index contributed by atoms with van der Waals surface area (Å²) >= 11 is 0. The Morgan fingerprint density at radius 3 is 1.74 bits per heavy atom. The number of allylic oxidation sites excluding steroid dienone is 3. The largest absolute Gasteiger partial charge is 0.457 e. The van der Waals surface area contributed by atoms with E-state index in [4.69, 9.17) is 4.74 Å². The minimum atomic E-state index is -0.191. The van der Waals surface area contributed by atoms with Crippen molar-refractivity contribution in [2.24, 2.45) is 0 Å². The van der Waals surface area contributed by atoms with E-state index in [0.717, 1.165) is 40.6 Å². The van der Waals surface area contributed by atoms with E-state index in [1.54, 1.807) is 0 Å². The molecule has 282 valence electrons. The Bertz CT molecular complexity index is 2750. The molecule has 2 nitrogen and oxygen atoms in total. The Labute approximate surface area is 343 Å². The zero-order valence-corrected chi connectivity index (χ0v) is 33.3. The van der Waals surface area contributed by atoms with Gasteiger partial charge in [-0.05, 0) is 110 Å². The molecule has 58 heavy (non-hydrogen) atoms. The minimum absolute atomic E-state index is 0.00710. The Kier molecular flexibility index (Phi) is 10.1. The molecular formula is C56H47NO. The van der Waals surface area contributed by atoms with Gasteiger partial charge in [0, 0.05) is 28.6 Å². The number of ether oxygens (including phenoxy) is 1. The average molecular weight is 750 g/mol. The molecule has 0 aliphatic heterocycles. The summed E-state index contributed by atoms with van der Waals surface area (Å²) in [6.07, 6.45) is 7.98. The van der Waals surface area contributed by atoms with Gasteiger partial charge in [0.15, 0.2) is 0 Å². The highest BCUT2D eigenvalue weighted by atomic mass is 16.5. The summed E-state index contributed by atoms with van der Waals surface area (Å²) in [6, 6.07) is 69.2. The van der Waals surface area contributed by atoms with Gasteiger partial charge in [0.1, 0.15) is 11.5 Å². The third kappa shape index (κ3) is 7.50. The Morgan fingerprint density at radius 2 is 1.07 bits per heavy atom. The molecule has 0 saturated carbocycles. The van der Waals surface area contributed by atoms with Gasteiger partial charge in [0.25, 0.3) is 0 Å². The first-order chi connectivity index (χ1) is 28.4. The van der Waals surface area contributed by atoms with E-state index >= 15 is 0 Å². The SMILES string of the molecule is C[C@H]1/C=C(N(c2ccc(-c3ccccc3)cc2)c2cccc(-c3ccccc3)c2)\C=C/CC(C)(C)c2c1c(Oc1cccc(-c3ccccc3)c1)cc1ccccc21. The van der Waals surface area contributed by atoms with Gasteiger partial charge in [-0.1, -0.05) is 185 Å². The number of hydrogen-bond acceptors (Lipinski definition) is 2. The number of nitrogens with zero attached hydrogens (tertiary/aromatic N) is 1. The molecule has 0 amide bonds. The van der Waals surface area contributed by atoms with E-state index in [0.29, 0.717) is 0 Å². The summed E-state index contributed by atoms with van der Waals surface area (Å²) in [4.78, 5) is 2.41. The van der Waals surface area contributed by atoms with Gasteiger partial charge in [-0.3, -0.25) is 0 Å². The van der Waals surface area contributed by atoms with Crippen LogP contribution in [-0.2, 0) is 5.41 Å². The van der Waals surface area contributed by atoms with Crippen LogP contribution >= 0.6 is 0 Å². The molecule has 0 fully saturated rings. The van der Waals surface area contributed by atoms with Crippen LogP contribution in [0.1, 0.15) is 44.2 Å². The summed E-state index contributed by atoms with van der Waals surface area (Å²) in [5, 5.41) is 2.45. The standard InChI is InChI=1S/C56H47NO/c1-40-36-49(57(48-33-31-44(32-34-48)41-18-7-4-8-19-41)50-27-15-25-45(37-50)42-20-9-5-10-21-42)28-17-35-56(2,3)55-52-30-14-13-24-47(52)39-53(54(40)55)58-51-29-16-26-46(38-51)43-22-11-6-12-23-43/h4-34,36-40H,35H2,1-3H3/b28-17-,49-36+/t40-/m0/s1. The molecular weight excluding hydrogens is 703 g/mol. The first-order valence-corrected chi connectivity index (χ1v) is 20.3. The lowest BCUT2D eigenvalue weighted by molar-refractivity contribution is 0.466. The fraction of sp³-hybridized carbons (Fsp3) is 0.107. The number of hydrogen-bond donors (Lipinski definition) is 0. The molecule has 0 saturated heterocycles. The van der Waals surface area contributed by atoms with Crippen LogP contribution in [0, 0.1) is 0 Å². The fourth-order valence-electron chi connectivity index (χ4n) is 8.56. The van der Waals surface area contributed by atoms with Crippen molar-refractivity contribution in [3.8, 4) is 44.9 Å². The van der Waals surface area contributed by atoms with Gasteiger partial charge in [-0.25, -0.2) is 0 Å². The second kappa shape index (κ2) is 15.9. The van der Waals surface area contributed by atoms with E-state index in [1.165, 1.54) is 49.7 Å². The Balaban J connectivity index is 1.21. The molecule has 0 bridgehead atoms. The van der Waals surface area contributed by atoms with E-state index in [-0.39, 0.29) is 11.3 Å². The second-order valence-corrected chi connectivity index (χ2v) is 15.9. The second-order valence-electron chi connectivity index (χ2n) is 15.9. The molecule has 8 aromatic carbocycles. The first kappa shape index (κ1) is 36.7. The highest BCUT2D eigenvalue weighted by molar-refractivity contribution is 5.90. The predicted molar refractivity (Wildman–Crippen MR) is 245 cm³/mol. The third-order valence-corrected chi connectivity index (χ3v) is 11.4. The highest BCUT2D eigenvalue weighted by Gasteiger charge is 2.31. The molecule has 1 atom stereocenters. The van der Waals surface area contributed by atoms with E-state index in [2.05, 4.69) is 238 Å². The number of benzene rings is 8. The van der Waals surface area contributed by atoms with Crippen LogP contribution in [0.5, 0.6) is 11.5 Å². The zero-order chi connectivity index (χ0) is 39.5. The smallest absolute Gasteiger partial charge is 0.132 e. The van der Waals surface area contributed by atoms with Gasteiger partial charge >= 0.3 is 0 Å². The molecule has 0 unspecified atom stereocenters. The van der Waals surface area contributed by atoms with Crippen molar-refractivity contribution in [3.63, 3.8) is 0 Å². The summed E-state index contributed by atoms with van der Waals surface area (Å²) < 4.78 is 7.07. The van der Waals surface area contributed by atoms with Gasteiger partial charge in [0.2, 0.25) is 0 Å². The lowest BCUT2D eigenvalue weighted by Gasteiger charge is -2.31. The van der Waals surface area contributed by atoms with Gasteiger partial charge in [-0.2, -0.15) is 0 Å². The maximum Gasteiger partial charge on any atom is 0.132 e. The van der Waals surface area contributed by atoms with Crippen molar-refractivity contribution in [1.82, 2.24) is 0 Å². The monoisotopic (exact) mass is 749 g/mol. The Hall–Kier alpha value is -6.90. The molecule has 0 N–H and O–H groups in total. The summed E-state index contributed by atoms with van der Waals surface area (Å²) in [6.45, 7) is 7.08. The summed E-state index contributed by atoms with van der Waals surface area (Å²) in [5.74, 6) is 1.71. The van der Waals surface area contributed by atoms with Crippen molar-refractivity contribution in [2.45, 2.75) is 38.5 Å².